The number of ether oxygens (including phenoxy) is 1. The van der Waals surface area contributed by atoms with Crippen LogP contribution in [0.5, 0.6) is 0 Å². The first kappa shape index (κ1) is 30.2. The number of nitrogen functional groups attached to an aromatic ring is 1. The van der Waals surface area contributed by atoms with Gasteiger partial charge in [0, 0.05) is 24.4 Å². The van der Waals surface area contributed by atoms with Gasteiger partial charge in [-0.05, 0) is 55.4 Å². The average molecular weight is 591 g/mol. The Bertz CT molecular complexity index is 1170. The summed E-state index contributed by atoms with van der Waals surface area (Å²) in [4.78, 5) is 23.0. The molecule has 0 radical (unpaired) electrons. The minimum absolute atomic E-state index is 0.0434. The number of nitrogens with one attached hydrogen (secondary N) is 1. The fourth-order valence-corrected chi connectivity index (χ4v) is 10.4. The molecule has 2 saturated heterocycles. The summed E-state index contributed by atoms with van der Waals surface area (Å²) < 4.78 is 51.7. The second-order valence-electron chi connectivity index (χ2n) is 10.5. The molecular formula is C22H39N5O10Si2. The van der Waals surface area contributed by atoms with Gasteiger partial charge in [-0.25, -0.2) is 4.98 Å². The molecule has 2 aromatic rings. The van der Waals surface area contributed by atoms with Crippen molar-refractivity contribution in [2.75, 3.05) is 12.3 Å². The second-order valence-corrected chi connectivity index (χ2v) is 14.8. The highest BCUT2D eigenvalue weighted by Crippen LogP contribution is 2.39. The standard InChI is InChI=1S/C22H39N5O10Si2/c1-11(2)32-38(33-12(3)4)30-9-15-18(36-39(37-38,34-13(5)6)35-14(7)8)17(28)21(31-15)27-10-24-16-19(27)25-22(23)26-20(16)29/h10-15,17-18,21,28H,9H2,1-8H3,(H3,23,25,26,29)/t15-,17-,18-,21-/m1/s1/i23+1. The molecule has 2 aliphatic rings. The van der Waals surface area contributed by atoms with Gasteiger partial charge in [0.1, 0.15) is 18.3 Å². The number of rotatable bonds is 9. The zero-order chi connectivity index (χ0) is 28.7. The molecule has 0 unspecified atom stereocenters. The van der Waals surface area contributed by atoms with E-state index in [0.29, 0.717) is 0 Å². The molecule has 220 valence electrons. The Kier molecular flexibility index (Phi) is 8.99. The lowest BCUT2D eigenvalue weighted by molar-refractivity contribution is -0.147. The quantitative estimate of drug-likeness (QED) is 0.277. The Labute approximate surface area is 228 Å². The Hall–Kier alpha value is -1.78. The number of aliphatic hydroxyl groups excluding tert-OH is 1. The summed E-state index contributed by atoms with van der Waals surface area (Å²) in [5, 5.41) is 11.5. The van der Waals surface area contributed by atoms with Crippen molar-refractivity contribution >= 4 is 35.2 Å². The van der Waals surface area contributed by atoms with Crippen molar-refractivity contribution in [3.05, 3.63) is 16.7 Å². The number of hydrogen-bond donors (Lipinski definition) is 3. The lowest BCUT2D eigenvalue weighted by Crippen LogP contribution is -2.68. The van der Waals surface area contributed by atoms with Crippen LogP contribution in [0.4, 0.5) is 5.95 Å². The maximum atomic E-state index is 12.3. The number of aliphatic hydroxyl groups is 1. The van der Waals surface area contributed by atoms with Gasteiger partial charge in [0.15, 0.2) is 17.4 Å². The Morgan fingerprint density at radius 3 is 2.15 bits per heavy atom. The van der Waals surface area contributed by atoms with E-state index < -0.39 is 48.2 Å². The molecule has 0 aliphatic carbocycles. The van der Waals surface area contributed by atoms with Crippen LogP contribution in [0.15, 0.2) is 11.1 Å². The SMILES string of the molecule is CC(C)O[Si]1(OC(C)C)OC[C@H]2O[C@@H](n3cnc4c(=O)[nH]c([15NH2])nc43)[C@H](O)[C@@H]2O[Si](OC(C)C)(OC(C)C)O1. The van der Waals surface area contributed by atoms with Gasteiger partial charge in [-0.1, -0.05) is 0 Å². The summed E-state index contributed by atoms with van der Waals surface area (Å²) in [5.41, 5.74) is 5.43. The van der Waals surface area contributed by atoms with Gasteiger partial charge in [-0.2, -0.15) is 4.98 Å². The molecule has 17 heteroatoms. The van der Waals surface area contributed by atoms with Crippen molar-refractivity contribution < 1.29 is 40.5 Å². The van der Waals surface area contributed by atoms with Crippen LogP contribution in [-0.4, -0.2) is 92.1 Å². The highest BCUT2D eigenvalue weighted by atomic mass is 28.5. The number of imidazole rings is 1. The Morgan fingerprint density at radius 2 is 1.59 bits per heavy atom. The first-order chi connectivity index (χ1) is 18.2. The van der Waals surface area contributed by atoms with E-state index in [9.17, 15) is 9.90 Å². The molecule has 0 aromatic carbocycles. The van der Waals surface area contributed by atoms with Crippen LogP contribution in [0.25, 0.3) is 11.2 Å². The topological polar surface area (TPSA) is 184 Å². The molecule has 4 N–H and O–H groups in total. The summed E-state index contributed by atoms with van der Waals surface area (Å²) in [6.45, 7) is 14.5. The molecule has 0 spiro atoms. The summed E-state index contributed by atoms with van der Waals surface area (Å²) >= 11 is 0. The van der Waals surface area contributed by atoms with Crippen LogP contribution >= 0.6 is 0 Å². The van der Waals surface area contributed by atoms with E-state index in [4.69, 9.17) is 41.1 Å². The van der Waals surface area contributed by atoms with Gasteiger partial charge < -0.3 is 46.2 Å². The molecule has 2 aromatic heterocycles. The van der Waals surface area contributed by atoms with Crippen LogP contribution in [0, 0.1) is 0 Å². The minimum atomic E-state index is -4.14. The van der Waals surface area contributed by atoms with Crippen LogP contribution in [0.3, 0.4) is 0 Å². The largest absolute Gasteiger partial charge is 0.674 e. The fraction of sp³-hybridized carbons (Fsp3) is 0.773. The van der Waals surface area contributed by atoms with Gasteiger partial charge in [0.05, 0.1) is 12.9 Å². The second kappa shape index (κ2) is 11.6. The molecular weight excluding hydrogens is 551 g/mol. The van der Waals surface area contributed by atoms with Gasteiger partial charge in [0.2, 0.25) is 5.95 Å². The van der Waals surface area contributed by atoms with Gasteiger partial charge in [-0.15, -0.1) is 0 Å². The number of anilines is 1. The average Bonchev–Trinajstić information content (AvgIpc) is 3.30. The van der Waals surface area contributed by atoms with Crippen molar-refractivity contribution in [2.24, 2.45) is 0 Å². The third kappa shape index (κ3) is 6.59. The molecule has 2 fully saturated rings. The van der Waals surface area contributed by atoms with Crippen LogP contribution < -0.4 is 11.3 Å². The van der Waals surface area contributed by atoms with Gasteiger partial charge >= 0.3 is 18.1 Å². The summed E-state index contributed by atoms with van der Waals surface area (Å²) in [5.74, 6) is -0.102. The molecule has 4 atom stereocenters. The lowest BCUT2D eigenvalue weighted by Gasteiger charge is -2.42. The van der Waals surface area contributed by atoms with Gasteiger partial charge in [0.25, 0.3) is 5.56 Å². The zero-order valence-electron chi connectivity index (χ0n) is 23.4. The first-order valence-electron chi connectivity index (χ1n) is 13.0. The molecule has 0 amide bonds. The Balaban J connectivity index is 1.78. The van der Waals surface area contributed by atoms with Crippen LogP contribution in [0.1, 0.15) is 61.6 Å². The summed E-state index contributed by atoms with van der Waals surface area (Å²) in [7, 11) is -8.10. The summed E-state index contributed by atoms with van der Waals surface area (Å²) in [6.07, 6.45) is -4.27. The van der Waals surface area contributed by atoms with Crippen LogP contribution in [0.2, 0.25) is 0 Å². The predicted octanol–water partition coefficient (Wildman–Crippen LogP) is 0.963. The van der Waals surface area contributed by atoms with E-state index >= 15 is 0 Å². The smallest absolute Gasteiger partial charge is 0.386 e. The number of nitrogens with zero attached hydrogens (tertiary/aromatic N) is 3. The molecule has 15 nitrogen and oxygen atoms in total. The lowest BCUT2D eigenvalue weighted by atomic mass is 10.1. The number of nitrogens with two attached hydrogens (primary N) is 1. The molecule has 4 heterocycles. The van der Waals surface area contributed by atoms with Crippen molar-refractivity contribution in [3.8, 4) is 0 Å². The minimum Gasteiger partial charge on any atom is -0.386 e. The number of H-pyrrole nitrogens is 1. The first-order valence-corrected chi connectivity index (χ1v) is 16.3. The molecule has 4 rings (SSSR count). The van der Waals surface area contributed by atoms with Crippen molar-refractivity contribution in [1.29, 1.82) is 0 Å². The highest BCUT2D eigenvalue weighted by Gasteiger charge is 2.66. The van der Waals surface area contributed by atoms with E-state index in [1.165, 1.54) is 10.9 Å². The maximum Gasteiger partial charge on any atom is 0.674 e. The molecule has 39 heavy (non-hydrogen) atoms. The van der Waals surface area contributed by atoms with E-state index in [2.05, 4.69) is 15.0 Å². The van der Waals surface area contributed by atoms with E-state index in [1.807, 2.05) is 55.4 Å². The van der Waals surface area contributed by atoms with Crippen molar-refractivity contribution in [3.63, 3.8) is 0 Å². The normalized spacial score (nSPS) is 27.0. The van der Waals surface area contributed by atoms with E-state index in [-0.39, 0.29) is 48.1 Å². The number of aromatic nitrogens is 4. The number of fused-ring (bicyclic) bond motifs is 2. The molecule has 0 saturated carbocycles. The zero-order valence-corrected chi connectivity index (χ0v) is 25.4. The number of hydrogen-bond acceptors (Lipinski definition) is 13. The summed E-state index contributed by atoms with van der Waals surface area (Å²) in [6, 6.07) is 0. The molecule has 2 aliphatic heterocycles. The van der Waals surface area contributed by atoms with E-state index in [1.54, 1.807) is 0 Å². The van der Waals surface area contributed by atoms with Crippen LogP contribution in [-0.2, 0) is 35.4 Å². The van der Waals surface area contributed by atoms with Crippen molar-refractivity contribution in [1.82, 2.24) is 19.5 Å². The van der Waals surface area contributed by atoms with Gasteiger partial charge in [-0.3, -0.25) is 14.3 Å². The highest BCUT2D eigenvalue weighted by molar-refractivity contribution is 6.68. The Morgan fingerprint density at radius 1 is 1.03 bits per heavy atom. The maximum absolute atomic E-state index is 12.3. The third-order valence-corrected chi connectivity index (χ3v) is 11.6. The predicted molar refractivity (Wildman–Crippen MR) is 141 cm³/mol. The number of aromatic amines is 1. The van der Waals surface area contributed by atoms with E-state index in [0.717, 1.165) is 0 Å². The fourth-order valence-electron chi connectivity index (χ4n) is 4.35. The van der Waals surface area contributed by atoms with Crippen molar-refractivity contribution in [2.45, 2.75) is 104 Å². The molecule has 0 bridgehead atoms. The third-order valence-electron chi connectivity index (χ3n) is 5.51. The monoisotopic (exact) mass is 590 g/mol.